The summed E-state index contributed by atoms with van der Waals surface area (Å²) in [4.78, 5) is 29.8. The first-order valence-corrected chi connectivity index (χ1v) is 15.7. The molecule has 0 radical (unpaired) electrons. The van der Waals surface area contributed by atoms with Gasteiger partial charge in [-0.05, 0) is 49.4 Å². The Hall–Kier alpha value is -4.49. The first-order chi connectivity index (χ1) is 21.0. The predicted octanol–water partition coefficient (Wildman–Crippen LogP) is 3.53. The molecule has 3 atom stereocenters. The van der Waals surface area contributed by atoms with E-state index in [0.29, 0.717) is 28.5 Å². The summed E-state index contributed by atoms with van der Waals surface area (Å²) in [6, 6.07) is 17.1. The molecule has 44 heavy (non-hydrogen) atoms. The van der Waals surface area contributed by atoms with E-state index in [0.717, 1.165) is 0 Å². The van der Waals surface area contributed by atoms with Crippen molar-refractivity contribution in [3.63, 3.8) is 0 Å². The summed E-state index contributed by atoms with van der Waals surface area (Å²) < 4.78 is 45.7. The third-order valence-corrected chi connectivity index (χ3v) is 9.04. The van der Waals surface area contributed by atoms with Gasteiger partial charge in [-0.2, -0.15) is 0 Å². The molecular weight excluding hydrogens is 588 g/mol. The summed E-state index contributed by atoms with van der Waals surface area (Å²) in [5.74, 6) is 1.08. The van der Waals surface area contributed by atoms with E-state index in [4.69, 9.17) is 14.2 Å². The zero-order chi connectivity index (χ0) is 31.4. The molecule has 234 valence electrons. The number of ether oxygens (including phenoxy) is 3. The van der Waals surface area contributed by atoms with Gasteiger partial charge in [0.05, 0.1) is 30.5 Å². The maximum Gasteiger partial charge on any atom is 0.321 e. The fourth-order valence-corrected chi connectivity index (χ4v) is 6.14. The van der Waals surface area contributed by atoms with Crippen LogP contribution in [0.2, 0.25) is 0 Å². The van der Waals surface area contributed by atoms with Gasteiger partial charge < -0.3 is 34.4 Å². The normalized spacial score (nSPS) is 18.6. The zero-order valence-corrected chi connectivity index (χ0v) is 25.5. The highest BCUT2D eigenvalue weighted by Crippen LogP contribution is 2.34. The SMILES string of the molecule is C[C@H]1CN([C@@H](C)CO)C(=O)Cc2cc(NS(=O)(=O)c3ccccc3)ccc2O[C@@H]1CN(C)C(=O)Nc1ccc2c(c1)OCO2. The summed E-state index contributed by atoms with van der Waals surface area (Å²) in [5.41, 5.74) is 1.29. The van der Waals surface area contributed by atoms with Gasteiger partial charge in [0.15, 0.2) is 11.5 Å². The van der Waals surface area contributed by atoms with Crippen molar-refractivity contribution in [2.45, 2.75) is 37.3 Å². The molecule has 3 N–H and O–H groups in total. The molecule has 3 aromatic rings. The first kappa shape index (κ1) is 31.0. The van der Waals surface area contributed by atoms with Crippen LogP contribution in [0.1, 0.15) is 19.4 Å². The highest BCUT2D eigenvalue weighted by Gasteiger charge is 2.32. The van der Waals surface area contributed by atoms with Crippen molar-refractivity contribution in [2.24, 2.45) is 5.92 Å². The average molecular weight is 625 g/mol. The molecule has 2 heterocycles. The van der Waals surface area contributed by atoms with Crippen molar-refractivity contribution in [3.05, 3.63) is 72.3 Å². The van der Waals surface area contributed by atoms with Crippen LogP contribution in [0.5, 0.6) is 17.2 Å². The predicted molar refractivity (Wildman–Crippen MR) is 163 cm³/mol. The number of anilines is 2. The minimum atomic E-state index is -3.86. The Morgan fingerprint density at radius 2 is 1.75 bits per heavy atom. The molecule has 5 rings (SSSR count). The van der Waals surface area contributed by atoms with Crippen molar-refractivity contribution in [1.82, 2.24) is 9.80 Å². The fourth-order valence-electron chi connectivity index (χ4n) is 5.07. The van der Waals surface area contributed by atoms with Crippen molar-refractivity contribution >= 4 is 33.3 Å². The number of nitrogens with one attached hydrogen (secondary N) is 2. The monoisotopic (exact) mass is 624 g/mol. The standard InChI is InChI=1S/C31H36N4O8S/c1-20-16-35(21(2)18-36)30(37)14-22-13-24(33-44(39,40)25-7-5-4-6-8-25)10-11-26(22)43-29(20)17-34(3)31(38)32-23-9-12-27-28(15-23)42-19-41-27/h4-13,15,20-21,29,33,36H,14,16-19H2,1-3H3,(H,32,38)/t20-,21-,29+/m0/s1. The third-order valence-electron chi connectivity index (χ3n) is 7.65. The topological polar surface area (TPSA) is 147 Å². The van der Waals surface area contributed by atoms with Gasteiger partial charge in [-0.25, -0.2) is 13.2 Å². The first-order valence-electron chi connectivity index (χ1n) is 14.2. The number of hydrogen-bond acceptors (Lipinski definition) is 8. The molecule has 0 bridgehead atoms. The van der Waals surface area contributed by atoms with Crippen molar-refractivity contribution in [3.8, 4) is 17.2 Å². The summed E-state index contributed by atoms with van der Waals surface area (Å²) >= 11 is 0. The molecule has 0 fully saturated rings. The number of carbonyl (C=O) groups is 2. The summed E-state index contributed by atoms with van der Waals surface area (Å²) in [6.07, 6.45) is -0.618. The number of likely N-dealkylation sites (N-methyl/N-ethyl adjacent to an activating group) is 1. The van der Waals surface area contributed by atoms with Crippen LogP contribution < -0.4 is 24.2 Å². The Labute approximate surface area is 256 Å². The van der Waals surface area contributed by atoms with E-state index < -0.39 is 22.2 Å². The molecule has 3 aromatic carbocycles. The second-order valence-corrected chi connectivity index (χ2v) is 12.7. The van der Waals surface area contributed by atoms with Crippen molar-refractivity contribution in [2.75, 3.05) is 43.6 Å². The lowest BCUT2D eigenvalue weighted by atomic mass is 10.0. The zero-order valence-electron chi connectivity index (χ0n) is 24.7. The van der Waals surface area contributed by atoms with E-state index >= 15 is 0 Å². The minimum Gasteiger partial charge on any atom is -0.488 e. The molecule has 2 aliphatic rings. The van der Waals surface area contributed by atoms with Gasteiger partial charge in [0.1, 0.15) is 11.9 Å². The molecule has 0 saturated carbocycles. The van der Waals surface area contributed by atoms with Crippen LogP contribution in [0.25, 0.3) is 0 Å². The van der Waals surface area contributed by atoms with Gasteiger partial charge in [-0.3, -0.25) is 9.52 Å². The quantitative estimate of drug-likeness (QED) is 0.345. The molecule has 13 heteroatoms. The largest absolute Gasteiger partial charge is 0.488 e. The van der Waals surface area contributed by atoms with Gasteiger partial charge >= 0.3 is 6.03 Å². The van der Waals surface area contributed by atoms with Crippen LogP contribution in [0, 0.1) is 5.92 Å². The number of sulfonamides is 1. The number of hydrogen-bond donors (Lipinski definition) is 3. The van der Waals surface area contributed by atoms with Crippen LogP contribution in [-0.4, -0.2) is 80.9 Å². The lowest BCUT2D eigenvalue weighted by Gasteiger charge is -2.34. The minimum absolute atomic E-state index is 0.0690. The number of aliphatic hydroxyl groups is 1. The molecule has 0 spiro atoms. The Bertz CT molecular complexity index is 1620. The summed E-state index contributed by atoms with van der Waals surface area (Å²) in [5, 5.41) is 12.8. The number of rotatable bonds is 8. The number of nitrogens with zero attached hydrogens (tertiary/aromatic N) is 2. The van der Waals surface area contributed by atoms with Crippen LogP contribution in [0.4, 0.5) is 16.2 Å². The Kier molecular flexibility index (Phi) is 9.16. The van der Waals surface area contributed by atoms with Crippen LogP contribution in [-0.2, 0) is 21.2 Å². The molecule has 0 aromatic heterocycles. The van der Waals surface area contributed by atoms with E-state index in [1.165, 1.54) is 17.0 Å². The highest BCUT2D eigenvalue weighted by atomic mass is 32.2. The van der Waals surface area contributed by atoms with Gasteiger partial charge in [-0.1, -0.05) is 25.1 Å². The third kappa shape index (κ3) is 7.00. The second-order valence-electron chi connectivity index (χ2n) is 11.0. The van der Waals surface area contributed by atoms with Crippen LogP contribution >= 0.6 is 0 Å². The van der Waals surface area contributed by atoms with Gasteiger partial charge in [0.25, 0.3) is 10.0 Å². The van der Waals surface area contributed by atoms with E-state index in [9.17, 15) is 23.1 Å². The maximum absolute atomic E-state index is 13.5. The van der Waals surface area contributed by atoms with Crippen molar-refractivity contribution in [1.29, 1.82) is 0 Å². The Morgan fingerprint density at radius 3 is 2.50 bits per heavy atom. The lowest BCUT2D eigenvalue weighted by Crippen LogP contribution is -2.48. The van der Waals surface area contributed by atoms with Crippen LogP contribution in [0.3, 0.4) is 0 Å². The molecular formula is C31H36N4O8S. The molecule has 0 saturated heterocycles. The smallest absolute Gasteiger partial charge is 0.321 e. The number of carbonyl (C=O) groups excluding carboxylic acids is 2. The average Bonchev–Trinajstić information content (AvgIpc) is 3.49. The second kappa shape index (κ2) is 13.0. The molecule has 0 unspecified atom stereocenters. The molecule has 2 aliphatic heterocycles. The highest BCUT2D eigenvalue weighted by molar-refractivity contribution is 7.92. The molecule has 12 nitrogen and oxygen atoms in total. The number of amides is 3. The number of fused-ring (bicyclic) bond motifs is 2. The van der Waals surface area contributed by atoms with E-state index in [2.05, 4.69) is 10.0 Å². The van der Waals surface area contributed by atoms with E-state index in [-0.39, 0.29) is 61.3 Å². The van der Waals surface area contributed by atoms with E-state index in [1.807, 2.05) is 6.92 Å². The summed E-state index contributed by atoms with van der Waals surface area (Å²) in [7, 11) is -2.22. The maximum atomic E-state index is 13.5. The van der Waals surface area contributed by atoms with E-state index in [1.54, 1.807) is 73.5 Å². The molecule has 3 amide bonds. The van der Waals surface area contributed by atoms with Gasteiger partial charge in [0.2, 0.25) is 12.7 Å². The lowest BCUT2D eigenvalue weighted by molar-refractivity contribution is -0.134. The van der Waals surface area contributed by atoms with Crippen LogP contribution in [0.15, 0.2) is 71.6 Å². The van der Waals surface area contributed by atoms with Crippen molar-refractivity contribution < 1.29 is 37.3 Å². The fraction of sp³-hybridized carbons (Fsp3) is 0.355. The summed E-state index contributed by atoms with van der Waals surface area (Å²) in [6.45, 7) is 4.03. The molecule has 0 aliphatic carbocycles. The number of urea groups is 1. The number of aliphatic hydroxyl groups excluding tert-OH is 1. The van der Waals surface area contributed by atoms with Gasteiger partial charge in [-0.15, -0.1) is 0 Å². The van der Waals surface area contributed by atoms with Gasteiger partial charge in [0, 0.05) is 42.5 Å². The Balaban J connectivity index is 1.38. The Morgan fingerprint density at radius 1 is 1.05 bits per heavy atom. The number of benzene rings is 3.